The van der Waals surface area contributed by atoms with Crippen LogP contribution in [-0.2, 0) is 13.1 Å². The van der Waals surface area contributed by atoms with E-state index in [-0.39, 0.29) is 0 Å². The average Bonchev–Trinajstić information content (AvgIpc) is 2.93. The predicted octanol–water partition coefficient (Wildman–Crippen LogP) is 4.24. The Kier molecular flexibility index (Phi) is 5.46. The maximum atomic E-state index is 4.65. The van der Waals surface area contributed by atoms with Gasteiger partial charge in [-0.15, -0.1) is 11.3 Å². The monoisotopic (exact) mass is 329 g/mol. The summed E-state index contributed by atoms with van der Waals surface area (Å²) < 4.78 is 0. The van der Waals surface area contributed by atoms with E-state index >= 15 is 0 Å². The van der Waals surface area contributed by atoms with Gasteiger partial charge in [-0.3, -0.25) is 4.90 Å². The summed E-state index contributed by atoms with van der Waals surface area (Å²) in [6.07, 6.45) is 3.89. The molecule has 1 aromatic heterocycles. The number of hydrogen-bond donors (Lipinski definition) is 0. The van der Waals surface area contributed by atoms with E-state index in [0.29, 0.717) is 6.04 Å². The van der Waals surface area contributed by atoms with E-state index in [0.717, 1.165) is 13.1 Å². The summed E-state index contributed by atoms with van der Waals surface area (Å²) >= 11 is 1.76. The van der Waals surface area contributed by atoms with Crippen molar-refractivity contribution in [1.82, 2.24) is 14.8 Å². The van der Waals surface area contributed by atoms with E-state index in [1.807, 2.05) is 0 Å². The first-order chi connectivity index (χ1) is 11.1. The van der Waals surface area contributed by atoms with Crippen molar-refractivity contribution in [2.45, 2.75) is 45.3 Å². The number of nitrogens with zero attached hydrogens (tertiary/aromatic N) is 3. The highest BCUT2D eigenvalue weighted by atomic mass is 32.1. The van der Waals surface area contributed by atoms with Crippen molar-refractivity contribution in [2.24, 2.45) is 0 Å². The summed E-state index contributed by atoms with van der Waals surface area (Å²) in [6, 6.07) is 9.77. The average molecular weight is 330 g/mol. The molecule has 0 amide bonds. The number of piperidine rings is 1. The molecule has 0 radical (unpaired) electrons. The smallest absolute Gasteiger partial charge is 0.0897 e. The molecule has 0 unspecified atom stereocenters. The standard InChI is InChI=1S/C19H27N3S/c1-15-20-18(14-23-15)13-22-11-5-4-6-19(22)17-9-7-16(8-10-17)12-21(2)3/h7-10,14,19H,4-6,11-13H2,1-3H3/t19-/m1/s1. The lowest BCUT2D eigenvalue weighted by Crippen LogP contribution is -2.33. The molecule has 2 aromatic rings. The van der Waals surface area contributed by atoms with Gasteiger partial charge in [-0.1, -0.05) is 30.7 Å². The second-order valence-electron chi connectivity index (χ2n) is 6.82. The van der Waals surface area contributed by atoms with Gasteiger partial charge in [0, 0.05) is 24.5 Å². The van der Waals surface area contributed by atoms with Gasteiger partial charge in [-0.25, -0.2) is 4.98 Å². The normalized spacial score (nSPS) is 19.4. The molecule has 3 nitrogen and oxygen atoms in total. The Bertz CT molecular complexity index is 618. The number of aryl methyl sites for hydroxylation is 1. The van der Waals surface area contributed by atoms with Crippen LogP contribution in [0.2, 0.25) is 0 Å². The van der Waals surface area contributed by atoms with Crippen molar-refractivity contribution >= 4 is 11.3 Å². The fraction of sp³-hybridized carbons (Fsp3) is 0.526. The lowest BCUT2D eigenvalue weighted by atomic mass is 9.94. The highest BCUT2D eigenvalue weighted by molar-refractivity contribution is 7.09. The number of likely N-dealkylation sites (tertiary alicyclic amines) is 1. The summed E-state index contributed by atoms with van der Waals surface area (Å²) in [4.78, 5) is 9.48. The van der Waals surface area contributed by atoms with Crippen molar-refractivity contribution in [2.75, 3.05) is 20.6 Å². The second-order valence-corrected chi connectivity index (χ2v) is 7.88. The molecule has 23 heavy (non-hydrogen) atoms. The molecule has 1 aliphatic rings. The van der Waals surface area contributed by atoms with Crippen LogP contribution in [0.1, 0.15) is 47.1 Å². The topological polar surface area (TPSA) is 19.4 Å². The first kappa shape index (κ1) is 16.6. The fourth-order valence-electron chi connectivity index (χ4n) is 3.46. The zero-order valence-corrected chi connectivity index (χ0v) is 15.3. The van der Waals surface area contributed by atoms with Crippen molar-refractivity contribution < 1.29 is 0 Å². The minimum Gasteiger partial charge on any atom is -0.305 e. The lowest BCUT2D eigenvalue weighted by molar-refractivity contribution is 0.139. The molecule has 2 heterocycles. The number of hydrogen-bond acceptors (Lipinski definition) is 4. The van der Waals surface area contributed by atoms with Crippen LogP contribution in [0.5, 0.6) is 0 Å². The summed E-state index contributed by atoms with van der Waals surface area (Å²) in [6.45, 7) is 5.26. The minimum atomic E-state index is 0.541. The van der Waals surface area contributed by atoms with Crippen LogP contribution >= 0.6 is 11.3 Å². The van der Waals surface area contributed by atoms with E-state index in [1.165, 1.54) is 47.6 Å². The van der Waals surface area contributed by atoms with Crippen molar-refractivity contribution in [3.05, 3.63) is 51.5 Å². The van der Waals surface area contributed by atoms with Crippen molar-refractivity contribution in [3.8, 4) is 0 Å². The molecule has 0 N–H and O–H groups in total. The predicted molar refractivity (Wildman–Crippen MR) is 97.7 cm³/mol. The highest BCUT2D eigenvalue weighted by Gasteiger charge is 2.24. The van der Waals surface area contributed by atoms with Crippen LogP contribution in [0.15, 0.2) is 29.6 Å². The number of thiazole rings is 1. The van der Waals surface area contributed by atoms with E-state index < -0.39 is 0 Å². The molecule has 0 aliphatic carbocycles. The van der Waals surface area contributed by atoms with Gasteiger partial charge in [0.05, 0.1) is 10.7 Å². The van der Waals surface area contributed by atoms with Gasteiger partial charge >= 0.3 is 0 Å². The summed E-state index contributed by atoms with van der Waals surface area (Å²) in [5, 5.41) is 3.38. The molecule has 124 valence electrons. The third kappa shape index (κ3) is 4.40. The Hall–Kier alpha value is -1.23. The quantitative estimate of drug-likeness (QED) is 0.818. The molecule has 3 rings (SSSR count). The van der Waals surface area contributed by atoms with Crippen molar-refractivity contribution in [1.29, 1.82) is 0 Å². The molecular weight excluding hydrogens is 302 g/mol. The van der Waals surface area contributed by atoms with Crippen LogP contribution in [-0.4, -0.2) is 35.4 Å². The summed E-state index contributed by atoms with van der Waals surface area (Å²) in [5.41, 5.74) is 4.07. The van der Waals surface area contributed by atoms with Gasteiger partial charge in [0.15, 0.2) is 0 Å². The maximum Gasteiger partial charge on any atom is 0.0897 e. The fourth-order valence-corrected chi connectivity index (χ4v) is 4.06. The molecule has 1 aliphatic heterocycles. The molecule has 1 atom stereocenters. The van der Waals surface area contributed by atoms with Crippen LogP contribution in [0.3, 0.4) is 0 Å². The molecule has 4 heteroatoms. The van der Waals surface area contributed by atoms with Gasteiger partial charge in [0.1, 0.15) is 0 Å². The molecule has 0 spiro atoms. The lowest BCUT2D eigenvalue weighted by Gasteiger charge is -2.35. The van der Waals surface area contributed by atoms with Gasteiger partial charge in [-0.05, 0) is 51.5 Å². The number of rotatable bonds is 5. The van der Waals surface area contributed by atoms with Crippen LogP contribution in [0.25, 0.3) is 0 Å². The van der Waals surface area contributed by atoms with Crippen LogP contribution in [0.4, 0.5) is 0 Å². The van der Waals surface area contributed by atoms with Crippen LogP contribution in [0, 0.1) is 6.92 Å². The van der Waals surface area contributed by atoms with E-state index in [2.05, 4.69) is 65.4 Å². The third-order valence-corrected chi connectivity index (χ3v) is 5.33. The molecule has 1 aromatic carbocycles. The molecule has 1 fully saturated rings. The largest absolute Gasteiger partial charge is 0.305 e. The van der Waals surface area contributed by atoms with E-state index in [1.54, 1.807) is 11.3 Å². The van der Waals surface area contributed by atoms with Crippen LogP contribution < -0.4 is 0 Å². The molecule has 0 bridgehead atoms. The first-order valence-corrected chi connectivity index (χ1v) is 9.38. The number of benzene rings is 1. The number of aromatic nitrogens is 1. The highest BCUT2D eigenvalue weighted by Crippen LogP contribution is 2.32. The molecule has 0 saturated carbocycles. The molecule has 1 saturated heterocycles. The third-order valence-electron chi connectivity index (χ3n) is 4.51. The summed E-state index contributed by atoms with van der Waals surface area (Å²) in [5.74, 6) is 0. The van der Waals surface area contributed by atoms with Crippen molar-refractivity contribution in [3.63, 3.8) is 0 Å². The Labute approximate surface area is 144 Å². The zero-order valence-electron chi connectivity index (χ0n) is 14.5. The van der Waals surface area contributed by atoms with E-state index in [9.17, 15) is 0 Å². The van der Waals surface area contributed by atoms with Gasteiger partial charge < -0.3 is 4.90 Å². The zero-order chi connectivity index (χ0) is 16.2. The Morgan fingerprint density at radius 3 is 2.65 bits per heavy atom. The summed E-state index contributed by atoms with van der Waals surface area (Å²) in [7, 11) is 4.24. The SMILES string of the molecule is Cc1nc(CN2CCCC[C@@H]2c2ccc(CN(C)C)cc2)cs1. The van der Waals surface area contributed by atoms with Gasteiger partial charge in [0.25, 0.3) is 0 Å². The minimum absolute atomic E-state index is 0.541. The van der Waals surface area contributed by atoms with E-state index in [4.69, 9.17) is 0 Å². The Morgan fingerprint density at radius 2 is 2.00 bits per heavy atom. The Balaban J connectivity index is 1.72. The first-order valence-electron chi connectivity index (χ1n) is 8.50. The maximum absolute atomic E-state index is 4.65. The Morgan fingerprint density at radius 1 is 1.22 bits per heavy atom. The van der Waals surface area contributed by atoms with Gasteiger partial charge in [0.2, 0.25) is 0 Å². The molecular formula is C19H27N3S. The second kappa shape index (κ2) is 7.56. The van der Waals surface area contributed by atoms with Gasteiger partial charge in [-0.2, -0.15) is 0 Å².